The van der Waals surface area contributed by atoms with Crippen molar-refractivity contribution in [3.05, 3.63) is 256 Å². The fourth-order valence-corrected chi connectivity index (χ4v) is 12.8. The first kappa shape index (κ1) is 76.9. The van der Waals surface area contributed by atoms with E-state index < -0.39 is 94.3 Å². The number of aliphatic carboxylic acids is 1. The van der Waals surface area contributed by atoms with E-state index in [-0.39, 0.29) is 75.8 Å². The van der Waals surface area contributed by atoms with Gasteiger partial charge in [0.05, 0.1) is 6.04 Å². The van der Waals surface area contributed by atoms with Crippen molar-refractivity contribution in [1.29, 1.82) is 0 Å². The third-order valence-electron chi connectivity index (χ3n) is 17.9. The van der Waals surface area contributed by atoms with Crippen molar-refractivity contribution < 1.29 is 71.2 Å². The summed E-state index contributed by atoms with van der Waals surface area (Å²) in [5, 5.41) is 20.9. The number of aromatic amines is 1. The number of fused-ring (bicyclic) bond motifs is 7. The van der Waals surface area contributed by atoms with Crippen LogP contribution in [0.15, 0.2) is 205 Å². The molecule has 0 spiro atoms. The Labute approximate surface area is 612 Å². The lowest BCUT2D eigenvalue weighted by molar-refractivity contribution is -0.161. The number of rotatable bonds is 26. The fraction of sp³-hybridized carbons (Fsp3) is 0.289. The summed E-state index contributed by atoms with van der Waals surface area (Å²) in [6.45, 7) is 11.0. The maximum atomic E-state index is 14.7. The Morgan fingerprint density at radius 3 is 1.59 bits per heavy atom. The number of aromatic nitrogens is 1. The molecule has 0 bridgehead atoms. The van der Waals surface area contributed by atoms with Gasteiger partial charge in [0.25, 0.3) is 11.8 Å². The molecule has 0 aliphatic heterocycles. The lowest BCUT2D eigenvalue weighted by atomic mass is 9.91. The van der Waals surface area contributed by atoms with Crippen LogP contribution in [-0.2, 0) is 68.7 Å². The van der Waals surface area contributed by atoms with Crippen LogP contribution in [0.5, 0.6) is 5.75 Å². The summed E-state index contributed by atoms with van der Waals surface area (Å²) in [6.07, 6.45) is 0.0461. The zero-order valence-corrected chi connectivity index (χ0v) is 59.7. The molecule has 0 unspecified atom stereocenters. The first-order valence-electron chi connectivity index (χ1n) is 34.9. The Bertz CT molecular complexity index is 4610. The van der Waals surface area contributed by atoms with Crippen LogP contribution in [0, 0.1) is 11.6 Å². The number of hydrogen-bond acceptors (Lipinski definition) is 14. The van der Waals surface area contributed by atoms with Gasteiger partial charge in [-0.3, -0.25) is 24.5 Å². The Hall–Kier alpha value is -11.7. The van der Waals surface area contributed by atoms with Crippen LogP contribution in [0.25, 0.3) is 33.2 Å². The Kier molecular flexibility index (Phi) is 24.9. The average Bonchev–Trinajstić information content (AvgIpc) is 1.58. The monoisotopic (exact) mass is 1440 g/mol. The number of hydrogen-bond donors (Lipinski definition) is 8. The number of unbranched alkanes of at least 4 members (excludes halogenated alkanes) is 1. The van der Waals surface area contributed by atoms with Crippen molar-refractivity contribution in [2.45, 2.75) is 133 Å². The summed E-state index contributed by atoms with van der Waals surface area (Å²) >= 11 is 0. The molecule has 10 N–H and O–H groups in total. The molecule has 11 rings (SSSR count). The third-order valence-corrected chi connectivity index (χ3v) is 17.9. The molecule has 1 aromatic heterocycles. The van der Waals surface area contributed by atoms with Crippen molar-refractivity contribution in [2.24, 2.45) is 16.5 Å². The standard InChI is InChI=1S/C59H66FN7O9.C24H20FNO4/c1-58(2,3)75-40-28-24-37(25-29-40)32-50(65-52(68)47(61)31-36-22-26-39(60)27-23-36)54(70)64-49(21-13-14-30-62-56(72)76-59(4,5)6)53(69)66-51(33-38-34-63-48-20-12-11-15-41(38)48)55(71)67-57(73)74-35-46-44-18-9-7-16-42(44)43-17-8-10-19-45(43)46;25-16-11-9-15(10-12-16)13-24(26,22(27)28)23(29)30-14-21-19-7-3-1-5-17(19)18-6-2-4-8-20(18)21/h7-12,15-20,22-29,34,46-47,49-50,63H,13-14,21,30-33,35,61H2,1-6H3,(H,62,72)(H,64,70)(H,65,68)(H,67,71,73);1-12,21H,13-14,26H2,(H,27,28)/t47-,49-,50-;24-/m00/s1. The number of carbonyl (C=O) groups is 8. The lowest BCUT2D eigenvalue weighted by Crippen LogP contribution is -2.57. The molecule has 2 aliphatic rings. The Morgan fingerprint density at radius 1 is 0.566 bits per heavy atom. The molecule has 550 valence electrons. The molecular formula is C83H86F2N8O13. The normalized spacial score (nSPS) is 13.8. The number of carboxylic acid groups (broad SMARTS) is 1. The number of nitrogens with one attached hydrogen (secondary N) is 5. The number of halogens is 2. The van der Waals surface area contributed by atoms with E-state index in [4.69, 9.17) is 30.4 Å². The van der Waals surface area contributed by atoms with Crippen LogP contribution < -0.4 is 37.5 Å². The molecule has 9 aromatic rings. The second-order valence-corrected chi connectivity index (χ2v) is 28.2. The van der Waals surface area contributed by atoms with Gasteiger partial charge in [-0.25, -0.2) is 33.0 Å². The maximum Gasteiger partial charge on any atom is 0.414 e. The van der Waals surface area contributed by atoms with Gasteiger partial charge in [-0.1, -0.05) is 152 Å². The quantitative estimate of drug-likeness (QED) is 0.00821. The second kappa shape index (κ2) is 34.3. The topological polar surface area (TPSA) is 322 Å². The van der Waals surface area contributed by atoms with Crippen LogP contribution in [0.1, 0.15) is 117 Å². The summed E-state index contributed by atoms with van der Waals surface area (Å²) in [4.78, 5) is 115. The number of alkyl carbamates (subject to hydrolysis) is 2. The Morgan fingerprint density at radius 2 is 1.06 bits per heavy atom. The average molecular weight is 1440 g/mol. The van der Waals surface area contributed by atoms with E-state index in [1.54, 1.807) is 51.2 Å². The van der Waals surface area contributed by atoms with Crippen LogP contribution in [0.3, 0.4) is 0 Å². The summed E-state index contributed by atoms with van der Waals surface area (Å²) in [7, 11) is 0. The van der Waals surface area contributed by atoms with Crippen molar-refractivity contribution >= 4 is 64.4 Å². The molecule has 106 heavy (non-hydrogen) atoms. The zero-order chi connectivity index (χ0) is 75.9. The number of para-hydroxylation sites is 1. The molecule has 0 saturated carbocycles. The molecule has 8 aromatic carbocycles. The van der Waals surface area contributed by atoms with Gasteiger partial charge in [0.2, 0.25) is 17.4 Å². The Balaban J connectivity index is 0.000000331. The predicted molar refractivity (Wildman–Crippen MR) is 398 cm³/mol. The van der Waals surface area contributed by atoms with Gasteiger partial charge in [-0.05, 0) is 176 Å². The van der Waals surface area contributed by atoms with E-state index in [1.165, 1.54) is 48.5 Å². The number of nitrogens with zero attached hydrogens (tertiary/aromatic N) is 1. The SMILES string of the molecule is CC(C)(C)OC(=O)NCCCC[C@H](NC(=O)[C@H](Cc1ccc(OC(C)(C)C)cc1)NC(=O)[C@@H](N)Cc1ccc(F)cc1)C(=O)N=C(Cc1c[nH]c2ccccc12)C(=O)NC(=O)OCC1c2ccccc2-c2ccccc21.N[C@@](Cc1ccc(F)cc1)(C(=O)O)C(=O)OCC1c2ccccc2-c2ccccc21. The van der Waals surface area contributed by atoms with Crippen LogP contribution in [-0.4, -0.2) is 118 Å². The lowest BCUT2D eigenvalue weighted by Gasteiger charge is -2.24. The number of esters is 1. The molecular weight excluding hydrogens is 1350 g/mol. The fourth-order valence-electron chi connectivity index (χ4n) is 12.8. The van der Waals surface area contributed by atoms with E-state index in [1.807, 2.05) is 142 Å². The minimum Gasteiger partial charge on any atom is -0.488 e. The van der Waals surface area contributed by atoms with E-state index in [0.29, 0.717) is 34.4 Å². The highest BCUT2D eigenvalue weighted by atomic mass is 19.1. The molecule has 23 heteroatoms. The van der Waals surface area contributed by atoms with Gasteiger partial charge in [0.15, 0.2) is 0 Å². The van der Waals surface area contributed by atoms with Gasteiger partial charge in [0.1, 0.15) is 59.6 Å². The van der Waals surface area contributed by atoms with Crippen LogP contribution >= 0.6 is 0 Å². The van der Waals surface area contributed by atoms with Gasteiger partial charge in [0, 0.05) is 54.7 Å². The molecule has 4 atom stereocenters. The van der Waals surface area contributed by atoms with E-state index in [0.717, 1.165) is 55.4 Å². The number of aliphatic imine (C=N–C) groups is 1. The number of nitrogens with two attached hydrogens (primary N) is 2. The molecule has 1 heterocycles. The molecule has 6 amide bonds. The van der Waals surface area contributed by atoms with Gasteiger partial charge < -0.3 is 56.5 Å². The van der Waals surface area contributed by atoms with E-state index >= 15 is 0 Å². The molecule has 0 fully saturated rings. The van der Waals surface area contributed by atoms with E-state index in [9.17, 15) is 52.2 Å². The number of carbonyl (C=O) groups excluding carboxylic acids is 7. The molecule has 0 saturated heterocycles. The van der Waals surface area contributed by atoms with Crippen molar-refractivity contribution in [2.75, 3.05) is 19.8 Å². The van der Waals surface area contributed by atoms with Crippen molar-refractivity contribution in [3.8, 4) is 28.0 Å². The van der Waals surface area contributed by atoms with Gasteiger partial charge >= 0.3 is 24.1 Å². The highest BCUT2D eigenvalue weighted by molar-refractivity contribution is 6.43. The van der Waals surface area contributed by atoms with Gasteiger partial charge in [-0.2, -0.15) is 0 Å². The highest BCUT2D eigenvalue weighted by Crippen LogP contribution is 2.46. The van der Waals surface area contributed by atoms with E-state index in [2.05, 4.69) is 31.2 Å². The number of ether oxygens (including phenoxy) is 4. The number of benzene rings is 8. The first-order chi connectivity index (χ1) is 50.6. The van der Waals surface area contributed by atoms with Crippen molar-refractivity contribution in [1.82, 2.24) is 26.3 Å². The summed E-state index contributed by atoms with van der Waals surface area (Å²) < 4.78 is 49.3. The largest absolute Gasteiger partial charge is 0.488 e. The number of amides is 6. The summed E-state index contributed by atoms with van der Waals surface area (Å²) in [6, 6.07) is 52.6. The zero-order valence-electron chi connectivity index (χ0n) is 59.7. The highest BCUT2D eigenvalue weighted by Gasteiger charge is 2.45. The smallest absolute Gasteiger partial charge is 0.414 e. The minimum absolute atomic E-state index is 0.0253. The number of carboxylic acids is 1. The summed E-state index contributed by atoms with van der Waals surface area (Å²) in [5.74, 6) is -6.72. The third kappa shape index (κ3) is 20.2. The predicted octanol–water partition coefficient (Wildman–Crippen LogP) is 12.0. The van der Waals surface area contributed by atoms with Gasteiger partial charge in [-0.15, -0.1) is 0 Å². The first-order valence-corrected chi connectivity index (χ1v) is 34.9. The second-order valence-electron chi connectivity index (χ2n) is 28.2. The molecule has 21 nitrogen and oxygen atoms in total. The van der Waals surface area contributed by atoms with Crippen LogP contribution in [0.4, 0.5) is 18.4 Å². The number of H-pyrrole nitrogens is 1. The summed E-state index contributed by atoms with van der Waals surface area (Å²) in [5.41, 5.74) is 19.7. The number of imide groups is 1. The minimum atomic E-state index is -2.27. The van der Waals surface area contributed by atoms with Crippen molar-refractivity contribution in [3.63, 3.8) is 0 Å². The van der Waals surface area contributed by atoms with Crippen LogP contribution in [0.2, 0.25) is 0 Å². The maximum absolute atomic E-state index is 14.7. The molecule has 2 aliphatic carbocycles. The molecule has 0 radical (unpaired) electrons.